The second kappa shape index (κ2) is 6.07. The minimum Gasteiger partial charge on any atom is -0.370 e. The van der Waals surface area contributed by atoms with E-state index in [0.717, 1.165) is 25.4 Å². The van der Waals surface area contributed by atoms with E-state index in [0.29, 0.717) is 11.7 Å². The number of primary amides is 1. The zero-order chi connectivity index (χ0) is 12.1. The van der Waals surface area contributed by atoms with Crippen molar-refractivity contribution in [3.8, 4) is 0 Å². The Labute approximate surface area is 106 Å². The monoisotopic (exact) mass is 250 g/mol. The van der Waals surface area contributed by atoms with Gasteiger partial charge in [-0.3, -0.25) is 4.79 Å². The zero-order valence-corrected chi connectivity index (χ0v) is 10.7. The molecule has 1 amide bonds. The molecule has 1 heterocycles. The predicted molar refractivity (Wildman–Crippen MR) is 71.9 cm³/mol. The molecule has 1 atom stereocenters. The van der Waals surface area contributed by atoms with Crippen molar-refractivity contribution in [1.29, 1.82) is 0 Å². The Hall–Kier alpha value is -1.00. The van der Waals surface area contributed by atoms with Crippen molar-refractivity contribution in [2.75, 3.05) is 25.4 Å². The van der Waals surface area contributed by atoms with E-state index in [1.165, 1.54) is 5.56 Å². The fourth-order valence-electron chi connectivity index (χ4n) is 2.04. The largest absolute Gasteiger partial charge is 0.370 e. The van der Waals surface area contributed by atoms with Gasteiger partial charge in [-0.2, -0.15) is 11.8 Å². The van der Waals surface area contributed by atoms with E-state index in [1.54, 1.807) is 0 Å². The van der Waals surface area contributed by atoms with Crippen LogP contribution in [0, 0.1) is 0 Å². The van der Waals surface area contributed by atoms with Crippen LogP contribution in [0.1, 0.15) is 17.2 Å². The van der Waals surface area contributed by atoms with Crippen molar-refractivity contribution >= 4 is 17.7 Å². The highest BCUT2D eigenvalue weighted by Crippen LogP contribution is 2.32. The van der Waals surface area contributed by atoms with Crippen molar-refractivity contribution in [2.24, 2.45) is 5.73 Å². The highest BCUT2D eigenvalue weighted by atomic mass is 32.2. The summed E-state index contributed by atoms with van der Waals surface area (Å²) in [4.78, 5) is 13.1. The molecule has 2 rings (SSSR count). The number of rotatable bonds is 4. The van der Waals surface area contributed by atoms with E-state index in [-0.39, 0.29) is 5.91 Å². The lowest BCUT2D eigenvalue weighted by Gasteiger charge is -2.32. The topological polar surface area (TPSA) is 46.3 Å². The van der Waals surface area contributed by atoms with Gasteiger partial charge in [-0.05, 0) is 5.56 Å². The third-order valence-electron chi connectivity index (χ3n) is 3.00. The average molecular weight is 250 g/mol. The lowest BCUT2D eigenvalue weighted by atomic mass is 10.1. The van der Waals surface area contributed by atoms with Gasteiger partial charge in [0.25, 0.3) is 0 Å². The Kier molecular flexibility index (Phi) is 4.45. The van der Waals surface area contributed by atoms with Crippen LogP contribution >= 0.6 is 11.8 Å². The van der Waals surface area contributed by atoms with Crippen LogP contribution in [-0.4, -0.2) is 36.2 Å². The number of benzene rings is 1. The molecule has 17 heavy (non-hydrogen) atoms. The van der Waals surface area contributed by atoms with Gasteiger partial charge < -0.3 is 10.6 Å². The summed E-state index contributed by atoms with van der Waals surface area (Å²) in [6.45, 7) is 2.86. The fraction of sp³-hybridized carbons (Fsp3) is 0.462. The first-order valence-corrected chi connectivity index (χ1v) is 6.98. The van der Waals surface area contributed by atoms with Gasteiger partial charge >= 0.3 is 0 Å². The van der Waals surface area contributed by atoms with E-state index in [2.05, 4.69) is 29.2 Å². The third-order valence-corrected chi connectivity index (χ3v) is 4.24. The Bertz CT molecular complexity index is 369. The highest BCUT2D eigenvalue weighted by molar-refractivity contribution is 7.99. The number of carbonyl (C=O) groups is 1. The van der Waals surface area contributed by atoms with Gasteiger partial charge in [-0.1, -0.05) is 30.3 Å². The van der Waals surface area contributed by atoms with Crippen LogP contribution < -0.4 is 5.73 Å². The lowest BCUT2D eigenvalue weighted by Crippen LogP contribution is -2.36. The van der Waals surface area contributed by atoms with E-state index in [9.17, 15) is 4.79 Å². The molecule has 2 N–H and O–H groups in total. The molecule has 0 radical (unpaired) electrons. The SMILES string of the molecule is NC(=O)CCN1CCSC(c2ccccc2)C1. The van der Waals surface area contributed by atoms with Crippen molar-refractivity contribution < 1.29 is 4.79 Å². The maximum absolute atomic E-state index is 10.8. The Balaban J connectivity index is 1.91. The predicted octanol–water partition coefficient (Wildman–Crippen LogP) is 1.65. The van der Waals surface area contributed by atoms with E-state index >= 15 is 0 Å². The van der Waals surface area contributed by atoms with Crippen LogP contribution in [-0.2, 0) is 4.79 Å². The molecule has 0 aromatic heterocycles. The molecule has 0 saturated carbocycles. The molecule has 3 nitrogen and oxygen atoms in total. The fourth-order valence-corrected chi connectivity index (χ4v) is 3.36. The number of nitrogens with two attached hydrogens (primary N) is 1. The number of amides is 1. The van der Waals surface area contributed by atoms with E-state index < -0.39 is 0 Å². The summed E-state index contributed by atoms with van der Waals surface area (Å²) in [5, 5.41) is 0.526. The minimum atomic E-state index is -0.209. The van der Waals surface area contributed by atoms with Gasteiger partial charge in [0.1, 0.15) is 0 Å². The maximum Gasteiger partial charge on any atom is 0.218 e. The molecule has 1 aromatic carbocycles. The summed E-state index contributed by atoms with van der Waals surface area (Å²) in [6.07, 6.45) is 0.464. The molecule has 4 heteroatoms. The molecule has 1 fully saturated rings. The highest BCUT2D eigenvalue weighted by Gasteiger charge is 2.21. The Morgan fingerprint density at radius 2 is 2.18 bits per heavy atom. The summed E-state index contributed by atoms with van der Waals surface area (Å²) in [5.74, 6) is 0.915. The second-order valence-electron chi connectivity index (χ2n) is 4.29. The van der Waals surface area contributed by atoms with Crippen LogP contribution in [0.25, 0.3) is 0 Å². The summed E-state index contributed by atoms with van der Waals surface area (Å²) in [7, 11) is 0. The van der Waals surface area contributed by atoms with Crippen LogP contribution in [0.3, 0.4) is 0 Å². The molecular weight excluding hydrogens is 232 g/mol. The number of carbonyl (C=O) groups excluding carboxylic acids is 1. The quantitative estimate of drug-likeness (QED) is 0.884. The molecule has 0 aliphatic carbocycles. The first-order valence-electron chi connectivity index (χ1n) is 5.93. The lowest BCUT2D eigenvalue weighted by molar-refractivity contribution is -0.118. The van der Waals surface area contributed by atoms with Crippen LogP contribution in [0.5, 0.6) is 0 Å². The molecule has 1 unspecified atom stereocenters. The molecule has 1 aliphatic rings. The van der Waals surface area contributed by atoms with Gasteiger partial charge in [-0.25, -0.2) is 0 Å². The van der Waals surface area contributed by atoms with Crippen LogP contribution in [0.15, 0.2) is 30.3 Å². The van der Waals surface area contributed by atoms with Gasteiger partial charge in [-0.15, -0.1) is 0 Å². The van der Waals surface area contributed by atoms with Crippen molar-refractivity contribution in [3.05, 3.63) is 35.9 Å². The number of hydrogen-bond acceptors (Lipinski definition) is 3. The van der Waals surface area contributed by atoms with Crippen molar-refractivity contribution in [2.45, 2.75) is 11.7 Å². The second-order valence-corrected chi connectivity index (χ2v) is 5.60. The summed E-state index contributed by atoms with van der Waals surface area (Å²) >= 11 is 2.00. The Morgan fingerprint density at radius 3 is 2.88 bits per heavy atom. The summed E-state index contributed by atoms with van der Waals surface area (Å²) in [6, 6.07) is 10.6. The molecule has 0 bridgehead atoms. The van der Waals surface area contributed by atoms with Crippen molar-refractivity contribution in [3.63, 3.8) is 0 Å². The van der Waals surface area contributed by atoms with Crippen LogP contribution in [0.2, 0.25) is 0 Å². The minimum absolute atomic E-state index is 0.209. The van der Waals surface area contributed by atoms with Gasteiger partial charge in [0.2, 0.25) is 5.91 Å². The van der Waals surface area contributed by atoms with E-state index in [4.69, 9.17) is 5.73 Å². The summed E-state index contributed by atoms with van der Waals surface area (Å²) in [5.41, 5.74) is 6.56. The summed E-state index contributed by atoms with van der Waals surface area (Å²) < 4.78 is 0. The molecular formula is C13H18N2OS. The zero-order valence-electron chi connectivity index (χ0n) is 9.84. The molecule has 1 aliphatic heterocycles. The maximum atomic E-state index is 10.8. The van der Waals surface area contributed by atoms with Gasteiger partial charge in [0, 0.05) is 37.1 Å². The average Bonchev–Trinajstić information content (AvgIpc) is 2.38. The molecule has 1 saturated heterocycles. The standard InChI is InChI=1S/C13H18N2OS/c14-13(16)6-7-15-8-9-17-12(10-15)11-4-2-1-3-5-11/h1-5,12H,6-10H2,(H2,14,16). The normalized spacial score (nSPS) is 21.3. The first kappa shape index (κ1) is 12.5. The van der Waals surface area contributed by atoms with Gasteiger partial charge in [0.05, 0.1) is 0 Å². The molecule has 92 valence electrons. The third kappa shape index (κ3) is 3.75. The number of thioether (sulfide) groups is 1. The van der Waals surface area contributed by atoms with Crippen molar-refractivity contribution in [1.82, 2.24) is 4.90 Å². The number of nitrogens with zero attached hydrogens (tertiary/aromatic N) is 1. The Morgan fingerprint density at radius 1 is 1.41 bits per heavy atom. The molecule has 0 spiro atoms. The first-order chi connectivity index (χ1) is 8.25. The van der Waals surface area contributed by atoms with Gasteiger partial charge in [0.15, 0.2) is 0 Å². The van der Waals surface area contributed by atoms with Crippen LogP contribution in [0.4, 0.5) is 0 Å². The van der Waals surface area contributed by atoms with E-state index in [1.807, 2.05) is 17.8 Å². The smallest absolute Gasteiger partial charge is 0.218 e. The molecule has 1 aromatic rings. The number of hydrogen-bond donors (Lipinski definition) is 1.